The minimum Gasteiger partial charge on any atom is -0.463 e. The van der Waals surface area contributed by atoms with E-state index < -0.39 is 11.7 Å². The smallest absolute Gasteiger partial charge is 0.416 e. The maximum atomic E-state index is 13.0. The zero-order chi connectivity index (χ0) is 22.6. The lowest BCUT2D eigenvalue weighted by atomic mass is 9.90. The van der Waals surface area contributed by atoms with E-state index in [9.17, 15) is 18.0 Å². The number of benzene rings is 2. The van der Waals surface area contributed by atoms with Crippen molar-refractivity contribution >= 4 is 11.7 Å². The molecule has 0 radical (unpaired) electrons. The summed E-state index contributed by atoms with van der Waals surface area (Å²) < 4.78 is 44.1. The second-order valence-corrected chi connectivity index (χ2v) is 8.08. The molecule has 3 nitrogen and oxygen atoms in total. The molecule has 166 valence electrons. The number of rotatable bonds is 5. The van der Waals surface area contributed by atoms with Crippen molar-refractivity contribution in [2.75, 3.05) is 18.1 Å². The summed E-state index contributed by atoms with van der Waals surface area (Å²) in [4.78, 5) is 14.1. The molecule has 1 unspecified atom stereocenters. The summed E-state index contributed by atoms with van der Waals surface area (Å²) in [5.41, 5.74) is 3.31. The summed E-state index contributed by atoms with van der Waals surface area (Å²) in [6, 6.07) is 13.5. The molecule has 0 amide bonds. The molecule has 2 aromatic carbocycles. The van der Waals surface area contributed by atoms with E-state index in [1.54, 1.807) is 6.92 Å². The van der Waals surface area contributed by atoms with Gasteiger partial charge in [-0.25, -0.2) is 4.79 Å². The van der Waals surface area contributed by atoms with Crippen molar-refractivity contribution in [2.45, 2.75) is 51.7 Å². The van der Waals surface area contributed by atoms with Crippen LogP contribution in [0, 0.1) is 0 Å². The topological polar surface area (TPSA) is 29.5 Å². The molecule has 1 aliphatic heterocycles. The van der Waals surface area contributed by atoms with Crippen LogP contribution in [0.2, 0.25) is 0 Å². The molecular formula is C25H28F3NO2. The third-order valence-corrected chi connectivity index (χ3v) is 5.63. The van der Waals surface area contributed by atoms with Crippen LogP contribution in [0.1, 0.15) is 62.3 Å². The molecule has 31 heavy (non-hydrogen) atoms. The predicted molar refractivity (Wildman–Crippen MR) is 116 cm³/mol. The summed E-state index contributed by atoms with van der Waals surface area (Å²) in [6.45, 7) is 6.99. The molecule has 1 atom stereocenters. The highest BCUT2D eigenvalue weighted by molar-refractivity contribution is 5.83. The molecule has 1 aliphatic rings. The summed E-state index contributed by atoms with van der Waals surface area (Å²) in [6.07, 6.45) is -1.59. The number of alkyl halides is 3. The van der Waals surface area contributed by atoms with Crippen molar-refractivity contribution in [3.8, 4) is 0 Å². The van der Waals surface area contributed by atoms with Crippen LogP contribution in [0.25, 0.3) is 0 Å². The van der Waals surface area contributed by atoms with Gasteiger partial charge in [0.25, 0.3) is 0 Å². The predicted octanol–water partition coefficient (Wildman–Crippen LogP) is 6.66. The maximum absolute atomic E-state index is 13.0. The highest BCUT2D eigenvalue weighted by atomic mass is 19.4. The van der Waals surface area contributed by atoms with Gasteiger partial charge in [-0.3, -0.25) is 0 Å². The van der Waals surface area contributed by atoms with E-state index in [4.69, 9.17) is 4.74 Å². The summed E-state index contributed by atoms with van der Waals surface area (Å²) in [5, 5.41) is 0. The Morgan fingerprint density at radius 1 is 1.13 bits per heavy atom. The van der Waals surface area contributed by atoms with Crippen molar-refractivity contribution in [3.05, 3.63) is 76.9 Å². The van der Waals surface area contributed by atoms with Gasteiger partial charge in [-0.1, -0.05) is 43.7 Å². The number of carbonyl (C=O) groups excluding carboxylic acids is 1. The molecule has 3 rings (SSSR count). The lowest BCUT2D eigenvalue weighted by Gasteiger charge is -2.39. The second kappa shape index (κ2) is 9.58. The van der Waals surface area contributed by atoms with Gasteiger partial charge < -0.3 is 9.64 Å². The van der Waals surface area contributed by atoms with Gasteiger partial charge in [0.05, 0.1) is 18.2 Å². The first-order valence-electron chi connectivity index (χ1n) is 10.6. The van der Waals surface area contributed by atoms with E-state index >= 15 is 0 Å². The molecule has 1 fully saturated rings. The van der Waals surface area contributed by atoms with Gasteiger partial charge in [0.1, 0.15) is 0 Å². The lowest BCUT2D eigenvalue weighted by Crippen LogP contribution is -2.34. The zero-order valence-corrected chi connectivity index (χ0v) is 18.1. The molecular weight excluding hydrogens is 403 g/mol. The number of hydrogen-bond acceptors (Lipinski definition) is 3. The Bertz CT molecular complexity index is 915. The van der Waals surface area contributed by atoms with Gasteiger partial charge in [0.15, 0.2) is 0 Å². The van der Waals surface area contributed by atoms with Crippen LogP contribution in [-0.4, -0.2) is 19.1 Å². The van der Waals surface area contributed by atoms with Gasteiger partial charge in [-0.15, -0.1) is 0 Å². The molecule has 0 bridgehead atoms. The Hall–Kier alpha value is -2.76. The Balaban J connectivity index is 1.93. The number of carbonyl (C=O) groups is 1. The van der Waals surface area contributed by atoms with Gasteiger partial charge in [0, 0.05) is 18.3 Å². The van der Waals surface area contributed by atoms with Gasteiger partial charge in [0.2, 0.25) is 0 Å². The van der Waals surface area contributed by atoms with Crippen molar-refractivity contribution in [2.24, 2.45) is 0 Å². The van der Waals surface area contributed by atoms with Crippen LogP contribution in [0.4, 0.5) is 18.9 Å². The fraction of sp³-hybridized carbons (Fsp3) is 0.400. The Morgan fingerprint density at radius 3 is 2.32 bits per heavy atom. The first-order valence-corrected chi connectivity index (χ1v) is 10.6. The minimum atomic E-state index is -4.37. The number of esters is 1. The molecule has 6 heteroatoms. The molecule has 0 aromatic heterocycles. The van der Waals surface area contributed by atoms with E-state index in [-0.39, 0.29) is 12.0 Å². The van der Waals surface area contributed by atoms with Crippen LogP contribution in [-0.2, 0) is 15.7 Å². The van der Waals surface area contributed by atoms with E-state index in [1.165, 1.54) is 23.8 Å². The molecule has 2 aromatic rings. The number of hydrogen-bond donors (Lipinski definition) is 0. The number of anilines is 1. The van der Waals surface area contributed by atoms with Crippen LogP contribution in [0.5, 0.6) is 0 Å². The first-order chi connectivity index (χ1) is 14.7. The largest absolute Gasteiger partial charge is 0.463 e. The average Bonchev–Trinajstić information content (AvgIpc) is 2.73. The van der Waals surface area contributed by atoms with Crippen molar-refractivity contribution in [1.29, 1.82) is 0 Å². The third-order valence-electron chi connectivity index (χ3n) is 5.63. The molecule has 0 aliphatic carbocycles. The Labute approximate surface area is 181 Å². The number of piperidine rings is 1. The summed E-state index contributed by atoms with van der Waals surface area (Å²) >= 11 is 0. The third kappa shape index (κ3) is 5.69. The summed E-state index contributed by atoms with van der Waals surface area (Å²) in [7, 11) is 0. The number of nitrogens with zero attached hydrogens (tertiary/aromatic N) is 1. The maximum Gasteiger partial charge on any atom is 0.416 e. The van der Waals surface area contributed by atoms with E-state index in [0.29, 0.717) is 31.9 Å². The highest BCUT2D eigenvalue weighted by Gasteiger charge is 2.32. The normalized spacial score (nSPS) is 18.5. The van der Waals surface area contributed by atoms with Gasteiger partial charge in [-0.2, -0.15) is 13.2 Å². The number of halogens is 3. The quantitative estimate of drug-likeness (QED) is 0.392. The van der Waals surface area contributed by atoms with E-state index in [1.807, 2.05) is 0 Å². The number of ether oxygens (including phenoxy) is 1. The van der Waals surface area contributed by atoms with Crippen molar-refractivity contribution in [3.63, 3.8) is 0 Å². The second-order valence-electron chi connectivity index (χ2n) is 8.08. The van der Waals surface area contributed by atoms with Crippen LogP contribution < -0.4 is 4.90 Å². The zero-order valence-electron chi connectivity index (χ0n) is 18.1. The fourth-order valence-electron chi connectivity index (χ4n) is 3.91. The van der Waals surface area contributed by atoms with Gasteiger partial charge in [-0.05, 0) is 61.1 Å². The lowest BCUT2D eigenvalue weighted by molar-refractivity contribution is -0.138. The molecule has 1 saturated heterocycles. The Morgan fingerprint density at radius 2 is 1.77 bits per heavy atom. The SMILES string of the molecule is CCOC(=O)/C=C1\CCN(c2ccc(C(C)C)cc2)C(c2ccc(C(F)(F)F)cc2)C1. The molecule has 1 heterocycles. The van der Waals surface area contributed by atoms with Crippen LogP contribution in [0.15, 0.2) is 60.2 Å². The van der Waals surface area contributed by atoms with E-state index in [0.717, 1.165) is 29.0 Å². The minimum absolute atomic E-state index is 0.165. The molecule has 0 N–H and O–H groups in total. The monoisotopic (exact) mass is 431 g/mol. The standard InChI is InChI=1S/C25H28F3NO2/c1-4-31-24(30)16-18-13-14-29(22-11-7-19(8-12-22)17(2)3)23(15-18)20-5-9-21(10-6-20)25(26,27)28/h5-12,16-17,23H,4,13-15H2,1-3H3/b18-16+. The van der Waals surface area contributed by atoms with Crippen LogP contribution in [0.3, 0.4) is 0 Å². The fourth-order valence-corrected chi connectivity index (χ4v) is 3.91. The van der Waals surface area contributed by atoms with E-state index in [2.05, 4.69) is 43.0 Å². The average molecular weight is 431 g/mol. The molecule has 0 spiro atoms. The first kappa shape index (κ1) is 22.9. The van der Waals surface area contributed by atoms with Crippen molar-refractivity contribution < 1.29 is 22.7 Å². The Kier molecular flexibility index (Phi) is 7.08. The van der Waals surface area contributed by atoms with Crippen LogP contribution >= 0.6 is 0 Å². The molecule has 0 saturated carbocycles. The summed E-state index contributed by atoms with van der Waals surface area (Å²) in [5.74, 6) is 0.0404. The van der Waals surface area contributed by atoms with Crippen molar-refractivity contribution in [1.82, 2.24) is 0 Å². The highest BCUT2D eigenvalue weighted by Crippen LogP contribution is 2.39. The van der Waals surface area contributed by atoms with Gasteiger partial charge >= 0.3 is 12.1 Å².